The molecule has 1 aliphatic rings. The molecule has 0 aromatic heterocycles. The number of rotatable bonds is 42. The van der Waals surface area contributed by atoms with E-state index in [1.54, 1.807) is 0 Å². The van der Waals surface area contributed by atoms with Crippen molar-refractivity contribution < 1.29 is 107 Å². The van der Waals surface area contributed by atoms with E-state index < -0.39 is 222 Å². The molecule has 3 rings (SSSR count). The number of amides is 13. The van der Waals surface area contributed by atoms with Gasteiger partial charge in [0.1, 0.15) is 84.0 Å². The average molecular weight is 1530 g/mol. The van der Waals surface area contributed by atoms with Gasteiger partial charge in [0.25, 0.3) is 0 Å². The summed E-state index contributed by atoms with van der Waals surface area (Å²) in [5.74, 6) is -20.2. The molecule has 0 aliphatic carbocycles. The Labute approximate surface area is 611 Å². The Bertz CT molecular complexity index is 3290. The number of aromatic hydroxyl groups is 2. The van der Waals surface area contributed by atoms with Gasteiger partial charge in [0.15, 0.2) is 0 Å². The van der Waals surface area contributed by atoms with E-state index in [1.807, 2.05) is 0 Å². The van der Waals surface area contributed by atoms with Crippen LogP contribution in [0.1, 0.15) is 57.1 Å². The molecular formula is C59H84N14O22S6. The summed E-state index contributed by atoms with van der Waals surface area (Å²) >= 11 is 24.5. The second-order valence-corrected chi connectivity index (χ2v) is 25.0. The van der Waals surface area contributed by atoms with Gasteiger partial charge in [0, 0.05) is 60.3 Å². The van der Waals surface area contributed by atoms with E-state index in [0.29, 0.717) is 11.1 Å². The largest absolute Gasteiger partial charge is 0.508 e. The number of likely N-dealkylation sites (tertiary alicyclic amines) is 1. The van der Waals surface area contributed by atoms with Crippen molar-refractivity contribution in [3.63, 3.8) is 0 Å². The molecule has 20 N–H and O–H groups in total. The Morgan fingerprint density at radius 3 is 1.32 bits per heavy atom. The number of aliphatic hydroxyl groups is 1. The van der Waals surface area contributed by atoms with Crippen LogP contribution in [0.3, 0.4) is 0 Å². The normalized spacial score (nSPS) is 16.4. The smallest absolute Gasteiger partial charge is 0.326 e. The number of benzene rings is 2. The van der Waals surface area contributed by atoms with Crippen LogP contribution < -0.4 is 69.5 Å². The molecule has 0 spiro atoms. The maximum Gasteiger partial charge on any atom is 0.326 e. The zero-order chi connectivity index (χ0) is 76.0. The fourth-order valence-corrected chi connectivity index (χ4v) is 10.8. The van der Waals surface area contributed by atoms with Gasteiger partial charge in [-0.3, -0.25) is 71.9 Å². The standard InChI is InChI=1S/C59H84N14O22S6/c1-26(47(82)68-41(25-101)55(90)72-46(27(2)74)57(92)61-19-43(77)63-37(21-97)51(86)67-36(59(94)95)17-29-7-11-31(76)12-8-29)62-56(91)42-4-3-15-73(42)58(93)35(18-45(80)81)66-53(88)39(23-99)71-54(89)40(24-100)70-50(85)34(16-28-5-9-30(75)10-6-28)65-49(84)33(13-14-44(78)79)64-52(87)38(22-98)69-48(83)32(60)20-96/h5-12,26-27,32-42,46,74-76,96-101H,3-4,13-25,60H2,1-2H3,(H,61,92)(H,62,91)(H,63,77)(H,64,87)(H,65,84)(H,66,88)(H,67,86)(H,68,82)(H,69,83)(H,70,85)(H,71,89)(H,72,90)(H,78,79)(H,80,81)(H,94,95)/t26-,27+,32-,33-,34?,35?,36-,37-,38?,39?,40-,41-,42-,46-/m0/s1. The number of carbonyl (C=O) groups excluding carboxylic acids is 13. The molecule has 42 heteroatoms. The summed E-state index contributed by atoms with van der Waals surface area (Å²) in [5, 5.41) is 86.8. The van der Waals surface area contributed by atoms with Gasteiger partial charge in [-0.1, -0.05) is 24.3 Å². The molecule has 0 saturated carbocycles. The Kier molecular flexibility index (Phi) is 37.3. The highest BCUT2D eigenvalue weighted by molar-refractivity contribution is 7.81. The third kappa shape index (κ3) is 28.9. The van der Waals surface area contributed by atoms with Gasteiger partial charge >= 0.3 is 17.9 Å². The van der Waals surface area contributed by atoms with Gasteiger partial charge in [-0.05, 0) is 68.5 Å². The van der Waals surface area contributed by atoms with E-state index in [4.69, 9.17) is 5.73 Å². The highest BCUT2D eigenvalue weighted by Crippen LogP contribution is 2.21. The first-order valence-corrected chi connectivity index (χ1v) is 34.6. The van der Waals surface area contributed by atoms with Crippen LogP contribution >= 0.6 is 75.8 Å². The third-order valence-electron chi connectivity index (χ3n) is 15.0. The minimum atomic E-state index is -1.91. The lowest BCUT2D eigenvalue weighted by molar-refractivity contribution is -0.146. The Hall–Kier alpha value is -8.42. The lowest BCUT2D eigenvalue weighted by Gasteiger charge is -2.30. The van der Waals surface area contributed by atoms with Crippen LogP contribution in [0, 0.1) is 0 Å². The molecule has 0 bridgehead atoms. The lowest BCUT2D eigenvalue weighted by Crippen LogP contribution is -2.61. The van der Waals surface area contributed by atoms with Gasteiger partial charge in [0.05, 0.1) is 25.1 Å². The van der Waals surface area contributed by atoms with E-state index in [-0.39, 0.29) is 61.0 Å². The summed E-state index contributed by atoms with van der Waals surface area (Å²) in [6.07, 6.45) is -4.33. The molecule has 558 valence electrons. The number of aliphatic carboxylic acids is 3. The lowest BCUT2D eigenvalue weighted by atomic mass is 10.0. The molecule has 2 aromatic carbocycles. The predicted octanol–water partition coefficient (Wildman–Crippen LogP) is -6.95. The summed E-state index contributed by atoms with van der Waals surface area (Å²) in [6, 6.07) is -9.24. The van der Waals surface area contributed by atoms with Gasteiger partial charge in [0.2, 0.25) is 76.8 Å². The zero-order valence-electron chi connectivity index (χ0n) is 54.2. The monoisotopic (exact) mass is 1530 g/mol. The topological polar surface area (TPSA) is 568 Å². The molecule has 1 saturated heterocycles. The van der Waals surface area contributed by atoms with Crippen molar-refractivity contribution in [3.05, 3.63) is 59.7 Å². The summed E-state index contributed by atoms with van der Waals surface area (Å²) in [5.41, 5.74) is 6.48. The minimum Gasteiger partial charge on any atom is -0.508 e. The SMILES string of the molecule is C[C@H](NC(=O)[C@@H]1CCCN1C(=O)C(CC(=O)O)NC(=O)C(CS)NC(=O)[C@H](CS)NC(=O)C(Cc1ccc(O)cc1)NC(=O)[C@H](CCC(=O)O)NC(=O)C(CS)NC(=O)[C@@H](N)CS)C(=O)N[C@@H](CS)C(=O)N[C@H](C(=O)NCC(=O)N[C@@H](CS)C(=O)N[C@@H](Cc1ccc(O)cc1)C(=O)O)[C@@H](C)O. The first-order chi connectivity index (χ1) is 47.6. The molecule has 36 nitrogen and oxygen atoms in total. The fourth-order valence-electron chi connectivity index (χ4n) is 9.38. The molecule has 13 amide bonds. The molecule has 101 heavy (non-hydrogen) atoms. The number of aliphatic hydroxyl groups excluding tert-OH is 1. The van der Waals surface area contributed by atoms with Crippen molar-refractivity contribution in [1.29, 1.82) is 0 Å². The summed E-state index contributed by atoms with van der Waals surface area (Å²) in [4.78, 5) is 212. The number of carboxylic acid groups (broad SMARTS) is 3. The molecular weight excluding hydrogens is 1450 g/mol. The van der Waals surface area contributed by atoms with Gasteiger partial charge in [-0.15, -0.1) is 0 Å². The number of nitrogens with one attached hydrogen (secondary N) is 12. The van der Waals surface area contributed by atoms with Crippen molar-refractivity contribution in [2.45, 2.75) is 143 Å². The maximum atomic E-state index is 14.2. The van der Waals surface area contributed by atoms with Crippen molar-refractivity contribution in [2.75, 3.05) is 47.6 Å². The van der Waals surface area contributed by atoms with Crippen LogP contribution in [-0.4, -0.2) is 262 Å². The first-order valence-electron chi connectivity index (χ1n) is 30.8. The van der Waals surface area contributed by atoms with E-state index in [9.17, 15) is 107 Å². The first kappa shape index (κ1) is 86.8. The molecule has 1 aliphatic heterocycles. The van der Waals surface area contributed by atoms with Crippen LogP contribution in [0.25, 0.3) is 0 Å². The van der Waals surface area contributed by atoms with Crippen LogP contribution in [0.15, 0.2) is 48.5 Å². The molecule has 4 unspecified atom stereocenters. The third-order valence-corrected chi connectivity index (χ3v) is 17.2. The predicted molar refractivity (Wildman–Crippen MR) is 378 cm³/mol. The number of phenolic OH excluding ortho intramolecular Hbond substituents is 2. The van der Waals surface area contributed by atoms with Gasteiger partial charge < -0.3 is 105 Å². The number of hydrogen-bond donors (Lipinski definition) is 25. The number of carboxylic acids is 3. The average Bonchev–Trinajstić information content (AvgIpc) is 1.74. The number of carbonyl (C=O) groups is 16. The minimum absolute atomic E-state index is 0.0362. The van der Waals surface area contributed by atoms with E-state index in [2.05, 4.69) is 140 Å². The number of hydrogen-bond acceptors (Lipinski definition) is 26. The van der Waals surface area contributed by atoms with Crippen LogP contribution in [0.5, 0.6) is 11.5 Å². The van der Waals surface area contributed by atoms with Crippen LogP contribution in [0.4, 0.5) is 0 Å². The van der Waals surface area contributed by atoms with E-state index in [0.717, 1.165) is 11.8 Å². The van der Waals surface area contributed by atoms with Crippen molar-refractivity contribution in [2.24, 2.45) is 5.73 Å². The second-order valence-electron chi connectivity index (χ2n) is 22.8. The van der Waals surface area contributed by atoms with Crippen molar-refractivity contribution >= 4 is 170 Å². The number of phenols is 2. The van der Waals surface area contributed by atoms with Gasteiger partial charge in [-0.25, -0.2) is 4.79 Å². The van der Waals surface area contributed by atoms with E-state index >= 15 is 0 Å². The summed E-state index contributed by atoms with van der Waals surface area (Å²) < 4.78 is 0. The Balaban J connectivity index is 1.68. The molecule has 1 fully saturated rings. The zero-order valence-corrected chi connectivity index (χ0v) is 59.6. The van der Waals surface area contributed by atoms with E-state index in [1.165, 1.54) is 55.5 Å². The summed E-state index contributed by atoms with van der Waals surface area (Å²) in [7, 11) is 0. The second kappa shape index (κ2) is 43.4. The highest BCUT2D eigenvalue weighted by Gasteiger charge is 2.41. The number of nitrogens with zero attached hydrogens (tertiary/aromatic N) is 1. The fraction of sp³-hybridized carbons (Fsp3) is 0.525. The Morgan fingerprint density at radius 2 is 0.871 bits per heavy atom. The molecule has 2 aromatic rings. The quantitative estimate of drug-likeness (QED) is 0.0275. The summed E-state index contributed by atoms with van der Waals surface area (Å²) in [6.45, 7) is 1.31. The Morgan fingerprint density at radius 1 is 0.475 bits per heavy atom. The van der Waals surface area contributed by atoms with Crippen LogP contribution in [0.2, 0.25) is 0 Å². The molecule has 0 radical (unpaired) electrons. The van der Waals surface area contributed by atoms with Gasteiger partial charge in [-0.2, -0.15) is 75.8 Å². The number of thiol groups is 6. The van der Waals surface area contributed by atoms with Crippen molar-refractivity contribution in [3.8, 4) is 11.5 Å². The highest BCUT2D eigenvalue weighted by atomic mass is 32.1. The van der Waals surface area contributed by atoms with Crippen LogP contribution in [-0.2, 0) is 89.6 Å². The molecule has 14 atom stereocenters. The molecule has 1 heterocycles. The number of nitrogens with two attached hydrogens (primary N) is 1. The maximum absolute atomic E-state index is 14.2. The van der Waals surface area contributed by atoms with Crippen molar-refractivity contribution in [1.82, 2.24) is 68.7 Å².